The Morgan fingerprint density at radius 2 is 2.50 bits per heavy atom. The smallest absolute Gasteiger partial charge is 0.0275 e. The Balaban J connectivity index is 2.77. The highest BCUT2D eigenvalue weighted by Gasteiger charge is 2.00. The van der Waals surface area contributed by atoms with Crippen LogP contribution in [0, 0.1) is 12.3 Å². The number of rotatable bonds is 3. The van der Waals surface area contributed by atoms with Gasteiger partial charge in [-0.25, -0.2) is 0 Å². The van der Waals surface area contributed by atoms with Crippen molar-refractivity contribution in [1.82, 2.24) is 0 Å². The van der Waals surface area contributed by atoms with Gasteiger partial charge in [-0.1, -0.05) is 24.1 Å². The predicted molar refractivity (Wildman–Crippen MR) is 51.5 cm³/mol. The summed E-state index contributed by atoms with van der Waals surface area (Å²) in [6.07, 6.45) is 12.5. The Labute approximate surface area is 73.3 Å². The van der Waals surface area contributed by atoms with Gasteiger partial charge in [0.2, 0.25) is 0 Å². The van der Waals surface area contributed by atoms with Gasteiger partial charge in [0.1, 0.15) is 0 Å². The molecule has 1 aliphatic rings. The normalized spacial score (nSPS) is 13.2. The van der Waals surface area contributed by atoms with E-state index in [-0.39, 0.29) is 0 Å². The van der Waals surface area contributed by atoms with Gasteiger partial charge in [0.15, 0.2) is 0 Å². The summed E-state index contributed by atoms with van der Waals surface area (Å²) in [7, 11) is 0. The topological polar surface area (TPSA) is 0 Å². The molecule has 1 aliphatic carbocycles. The van der Waals surface area contributed by atoms with Crippen LogP contribution in [-0.2, 0) is 0 Å². The number of hydrogen-bond acceptors (Lipinski definition) is 0. The lowest BCUT2D eigenvalue weighted by atomic mass is 10.00. The molecule has 0 radical (unpaired) electrons. The van der Waals surface area contributed by atoms with Crippen LogP contribution in [-0.4, -0.2) is 0 Å². The fourth-order valence-corrected chi connectivity index (χ4v) is 1.04. The van der Waals surface area contributed by atoms with Crippen molar-refractivity contribution in [2.75, 3.05) is 0 Å². The predicted octanol–water partition coefficient (Wildman–Crippen LogP) is 2.76. The summed E-state index contributed by atoms with van der Waals surface area (Å²) in [5.41, 5.74) is 8.07. The molecule has 0 saturated carbocycles. The Hall–Kier alpha value is -1.66. The van der Waals surface area contributed by atoms with E-state index in [1.165, 1.54) is 5.57 Å². The van der Waals surface area contributed by atoms with Crippen molar-refractivity contribution in [2.45, 2.75) is 12.8 Å². The monoisotopic (exact) mass is 154 g/mol. The highest BCUT2D eigenvalue weighted by atomic mass is 14.0. The van der Waals surface area contributed by atoms with Crippen LogP contribution in [0.5, 0.6) is 0 Å². The fourth-order valence-electron chi connectivity index (χ4n) is 1.04. The van der Waals surface area contributed by atoms with Crippen molar-refractivity contribution in [3.8, 4) is 12.3 Å². The molecule has 0 heteroatoms. The lowest BCUT2D eigenvalue weighted by Crippen LogP contribution is -1.86. The van der Waals surface area contributed by atoms with Crippen molar-refractivity contribution in [3.05, 3.63) is 47.4 Å². The lowest BCUT2D eigenvalue weighted by Gasteiger charge is -2.03. The maximum atomic E-state index is 5.17. The van der Waals surface area contributed by atoms with Crippen LogP contribution in [0.3, 0.4) is 0 Å². The Morgan fingerprint density at radius 3 is 3.17 bits per heavy atom. The van der Waals surface area contributed by atoms with Gasteiger partial charge < -0.3 is 0 Å². The van der Waals surface area contributed by atoms with Crippen LogP contribution in [0.2, 0.25) is 0 Å². The van der Waals surface area contributed by atoms with Crippen LogP contribution >= 0.6 is 0 Å². The van der Waals surface area contributed by atoms with E-state index < -0.39 is 0 Å². The van der Waals surface area contributed by atoms with Crippen molar-refractivity contribution >= 4 is 0 Å². The van der Waals surface area contributed by atoms with Gasteiger partial charge in [-0.05, 0) is 24.1 Å². The van der Waals surface area contributed by atoms with Crippen molar-refractivity contribution in [3.63, 3.8) is 0 Å². The van der Waals surface area contributed by atoms with Gasteiger partial charge in [-0.2, -0.15) is 0 Å². The fraction of sp³-hybridized carbons (Fsp3) is 0.167. The molecule has 0 heterocycles. The molecule has 0 fully saturated rings. The van der Waals surface area contributed by atoms with Crippen LogP contribution in [0.4, 0.5) is 0 Å². The minimum Gasteiger partial charge on any atom is -0.120 e. The van der Waals surface area contributed by atoms with E-state index in [1.807, 2.05) is 12.2 Å². The van der Waals surface area contributed by atoms with Crippen LogP contribution in [0.1, 0.15) is 12.8 Å². The molecule has 0 aliphatic heterocycles. The van der Waals surface area contributed by atoms with E-state index in [0.29, 0.717) is 0 Å². The highest BCUT2D eigenvalue weighted by Crippen LogP contribution is 2.17. The van der Waals surface area contributed by atoms with Crippen LogP contribution < -0.4 is 0 Å². The highest BCUT2D eigenvalue weighted by molar-refractivity contribution is 5.42. The molecule has 0 aromatic rings. The van der Waals surface area contributed by atoms with Gasteiger partial charge in [0.25, 0.3) is 0 Å². The van der Waals surface area contributed by atoms with Gasteiger partial charge in [0.05, 0.1) is 0 Å². The molecule has 0 bridgehead atoms. The second-order valence-electron chi connectivity index (χ2n) is 2.45. The van der Waals surface area contributed by atoms with E-state index in [4.69, 9.17) is 6.42 Å². The molecule has 0 spiro atoms. The summed E-state index contributed by atoms with van der Waals surface area (Å²) in [5, 5.41) is 0. The molecule has 12 heavy (non-hydrogen) atoms. The maximum absolute atomic E-state index is 5.17. The Morgan fingerprint density at radius 1 is 1.67 bits per heavy atom. The van der Waals surface area contributed by atoms with Gasteiger partial charge in [-0.3, -0.25) is 0 Å². The summed E-state index contributed by atoms with van der Waals surface area (Å²) < 4.78 is 0. The molecule has 0 N–H and O–H groups in total. The van der Waals surface area contributed by atoms with Crippen LogP contribution in [0.25, 0.3) is 0 Å². The van der Waals surface area contributed by atoms with Gasteiger partial charge >= 0.3 is 0 Å². The summed E-state index contributed by atoms with van der Waals surface area (Å²) in [5.74, 6) is 2.61. The molecule has 0 amide bonds. The Bertz CT molecular complexity index is 346. The summed E-state index contributed by atoms with van der Waals surface area (Å²) >= 11 is 0. The first-order chi connectivity index (χ1) is 5.88. The molecular formula is C12H10. The zero-order chi connectivity index (χ0) is 8.81. The van der Waals surface area contributed by atoms with Crippen LogP contribution in [0.15, 0.2) is 47.4 Å². The molecule has 0 saturated heterocycles. The van der Waals surface area contributed by atoms with Crippen molar-refractivity contribution < 1.29 is 0 Å². The first kappa shape index (κ1) is 8.44. The summed E-state index contributed by atoms with van der Waals surface area (Å²) in [4.78, 5) is 0. The van der Waals surface area contributed by atoms with Crippen molar-refractivity contribution in [2.24, 2.45) is 0 Å². The molecule has 0 atom stereocenters. The summed E-state index contributed by atoms with van der Waals surface area (Å²) in [6.45, 7) is 3.70. The first-order valence-electron chi connectivity index (χ1n) is 3.85. The molecule has 1 rings (SSSR count). The van der Waals surface area contributed by atoms with E-state index >= 15 is 0 Å². The van der Waals surface area contributed by atoms with Gasteiger partial charge in [0, 0.05) is 12.0 Å². The standard InChI is InChI=1S/C12H10/c1-3-5-8-12-10-7-6-9-11(12)4-2/h1,4,7,10H,2,5,8H2. The molecule has 0 aromatic heterocycles. The average Bonchev–Trinajstić information content (AvgIpc) is 2.15. The minimum atomic E-state index is 0.763. The van der Waals surface area contributed by atoms with E-state index in [9.17, 15) is 0 Å². The third-order valence-electron chi connectivity index (χ3n) is 1.66. The van der Waals surface area contributed by atoms with Crippen molar-refractivity contribution in [1.29, 1.82) is 0 Å². The zero-order valence-corrected chi connectivity index (χ0v) is 6.93. The number of terminal acetylenes is 1. The molecule has 58 valence electrons. The Kier molecular flexibility index (Phi) is 3.00. The SMILES string of the molecule is C#CCCC1=CC=C=C=C1C=C. The number of hydrogen-bond donors (Lipinski definition) is 0. The van der Waals surface area contributed by atoms with Gasteiger partial charge in [-0.15, -0.1) is 12.3 Å². The van der Waals surface area contributed by atoms with E-state index in [1.54, 1.807) is 6.08 Å². The lowest BCUT2D eigenvalue weighted by molar-refractivity contribution is 1.02. The summed E-state index contributed by atoms with van der Waals surface area (Å²) in [6, 6.07) is 0. The zero-order valence-electron chi connectivity index (χ0n) is 6.93. The second kappa shape index (κ2) is 4.27. The second-order valence-corrected chi connectivity index (χ2v) is 2.45. The largest absolute Gasteiger partial charge is 0.120 e. The third kappa shape index (κ3) is 1.91. The molecule has 0 unspecified atom stereocenters. The average molecular weight is 154 g/mol. The first-order valence-corrected chi connectivity index (χ1v) is 3.85. The maximum Gasteiger partial charge on any atom is 0.0275 e. The molecule has 0 aromatic carbocycles. The molecule has 0 nitrogen and oxygen atoms in total. The molecular weight excluding hydrogens is 144 g/mol. The van der Waals surface area contributed by atoms with E-state index in [2.05, 4.69) is 24.0 Å². The van der Waals surface area contributed by atoms with E-state index in [0.717, 1.165) is 18.4 Å². The minimum absolute atomic E-state index is 0.763. The number of allylic oxidation sites excluding steroid dienone is 5. The quantitative estimate of drug-likeness (QED) is 0.433. The third-order valence-corrected chi connectivity index (χ3v) is 1.66.